The molecular formula is C31H50O6. The van der Waals surface area contributed by atoms with Gasteiger partial charge in [0.15, 0.2) is 0 Å². The van der Waals surface area contributed by atoms with Crippen LogP contribution in [0.5, 0.6) is 0 Å². The number of ether oxygens (including phenoxy) is 1. The van der Waals surface area contributed by atoms with Gasteiger partial charge in [-0.2, -0.15) is 0 Å². The summed E-state index contributed by atoms with van der Waals surface area (Å²) < 4.78 is 5.78. The summed E-state index contributed by atoms with van der Waals surface area (Å²) in [5.74, 6) is -1.20. The molecule has 1 rings (SSSR count). The van der Waals surface area contributed by atoms with Gasteiger partial charge >= 0.3 is 5.97 Å². The van der Waals surface area contributed by atoms with Crippen LogP contribution in [0.15, 0.2) is 61.3 Å². The smallest absolute Gasteiger partial charge is 0.331 e. The molecule has 0 bridgehead atoms. The van der Waals surface area contributed by atoms with Crippen LogP contribution in [-0.2, 0) is 9.53 Å². The van der Waals surface area contributed by atoms with Crippen molar-refractivity contribution in [3.05, 3.63) is 61.3 Å². The Hall–Kier alpha value is -1.99. The Labute approximate surface area is 224 Å². The van der Waals surface area contributed by atoms with E-state index in [1.807, 2.05) is 52.8 Å². The van der Waals surface area contributed by atoms with Gasteiger partial charge in [0.2, 0.25) is 0 Å². The van der Waals surface area contributed by atoms with Gasteiger partial charge in [-0.1, -0.05) is 103 Å². The molecule has 37 heavy (non-hydrogen) atoms. The lowest BCUT2D eigenvalue weighted by Gasteiger charge is -2.31. The molecule has 0 aliphatic carbocycles. The number of allylic oxidation sites excluding steroid dienone is 4. The molecule has 210 valence electrons. The second-order valence-corrected chi connectivity index (χ2v) is 10.8. The Balaban J connectivity index is 3.10. The predicted molar refractivity (Wildman–Crippen MR) is 150 cm³/mol. The Morgan fingerprint density at radius 1 is 0.946 bits per heavy atom. The van der Waals surface area contributed by atoms with Crippen LogP contribution >= 0.6 is 0 Å². The summed E-state index contributed by atoms with van der Waals surface area (Å²) in [6, 6.07) is 0. The number of cyclic esters (lactones) is 1. The van der Waals surface area contributed by atoms with Crippen molar-refractivity contribution in [2.75, 3.05) is 0 Å². The lowest BCUT2D eigenvalue weighted by molar-refractivity contribution is -0.150. The first kappa shape index (κ1) is 33.0. The van der Waals surface area contributed by atoms with Crippen molar-refractivity contribution in [1.29, 1.82) is 0 Å². The van der Waals surface area contributed by atoms with E-state index in [1.165, 1.54) is 6.08 Å². The zero-order valence-electron chi connectivity index (χ0n) is 23.3. The highest BCUT2D eigenvalue weighted by Crippen LogP contribution is 2.26. The molecule has 0 saturated heterocycles. The van der Waals surface area contributed by atoms with E-state index in [0.29, 0.717) is 6.42 Å². The van der Waals surface area contributed by atoms with E-state index in [0.717, 1.165) is 19.3 Å². The number of aliphatic hydroxyl groups is 4. The third kappa shape index (κ3) is 12.4. The molecule has 0 radical (unpaired) electrons. The van der Waals surface area contributed by atoms with Crippen molar-refractivity contribution >= 4 is 5.97 Å². The summed E-state index contributed by atoms with van der Waals surface area (Å²) in [4.78, 5) is 12.6. The molecule has 0 fully saturated rings. The second-order valence-electron chi connectivity index (χ2n) is 10.8. The average molecular weight is 519 g/mol. The number of rotatable bonds is 3. The summed E-state index contributed by atoms with van der Waals surface area (Å²) in [6.45, 7) is 13.3. The second kappa shape index (κ2) is 17.5. The quantitative estimate of drug-likeness (QED) is 0.241. The molecule has 0 aromatic heterocycles. The number of esters is 1. The summed E-state index contributed by atoms with van der Waals surface area (Å²) in [6.07, 6.45) is 15.1. The lowest BCUT2D eigenvalue weighted by Crippen LogP contribution is -2.37. The van der Waals surface area contributed by atoms with E-state index in [4.69, 9.17) is 4.74 Å². The molecule has 0 spiro atoms. The third-order valence-electron chi connectivity index (χ3n) is 7.46. The van der Waals surface area contributed by atoms with Crippen molar-refractivity contribution < 1.29 is 30.0 Å². The minimum absolute atomic E-state index is 0.0597. The van der Waals surface area contributed by atoms with E-state index in [-0.39, 0.29) is 36.0 Å². The van der Waals surface area contributed by atoms with Gasteiger partial charge in [0.05, 0.1) is 24.4 Å². The normalized spacial score (nSPS) is 39.5. The Morgan fingerprint density at radius 2 is 1.62 bits per heavy atom. The molecule has 0 aromatic rings. The van der Waals surface area contributed by atoms with Gasteiger partial charge in [0.25, 0.3) is 0 Å². The average Bonchev–Trinajstić information content (AvgIpc) is 2.87. The molecule has 6 nitrogen and oxygen atoms in total. The van der Waals surface area contributed by atoms with Gasteiger partial charge in [0.1, 0.15) is 6.10 Å². The number of carbonyl (C=O) groups is 1. The summed E-state index contributed by atoms with van der Waals surface area (Å²) in [5, 5.41) is 42.4. The number of hydrogen-bond acceptors (Lipinski definition) is 6. The molecule has 1 heterocycles. The van der Waals surface area contributed by atoms with Gasteiger partial charge in [-0.05, 0) is 18.8 Å². The van der Waals surface area contributed by atoms with Gasteiger partial charge < -0.3 is 25.2 Å². The van der Waals surface area contributed by atoms with E-state index >= 15 is 0 Å². The fourth-order valence-corrected chi connectivity index (χ4v) is 4.68. The monoisotopic (exact) mass is 518 g/mol. The molecule has 0 aromatic carbocycles. The Kier molecular flexibility index (Phi) is 15.6. The van der Waals surface area contributed by atoms with Crippen LogP contribution in [0.4, 0.5) is 0 Å². The maximum Gasteiger partial charge on any atom is 0.331 e. The maximum atomic E-state index is 12.6. The molecule has 10 atom stereocenters. The van der Waals surface area contributed by atoms with Crippen LogP contribution < -0.4 is 0 Å². The van der Waals surface area contributed by atoms with Crippen LogP contribution in [-0.4, -0.2) is 56.9 Å². The van der Waals surface area contributed by atoms with Crippen LogP contribution in [0.2, 0.25) is 0 Å². The number of hydrogen-bond donors (Lipinski definition) is 4. The first-order valence-electron chi connectivity index (χ1n) is 13.7. The highest BCUT2D eigenvalue weighted by Gasteiger charge is 2.30. The molecule has 0 amide bonds. The number of aliphatic hydroxyl groups excluding tert-OH is 4. The van der Waals surface area contributed by atoms with Crippen molar-refractivity contribution in [2.45, 2.75) is 97.2 Å². The maximum absolute atomic E-state index is 12.6. The summed E-state index contributed by atoms with van der Waals surface area (Å²) in [5.41, 5.74) is 0. The van der Waals surface area contributed by atoms with Crippen molar-refractivity contribution in [3.8, 4) is 0 Å². The third-order valence-corrected chi connectivity index (χ3v) is 7.46. The predicted octanol–water partition coefficient (Wildman–Crippen LogP) is 4.90. The zero-order chi connectivity index (χ0) is 28.0. The molecule has 4 N–H and O–H groups in total. The van der Waals surface area contributed by atoms with Crippen molar-refractivity contribution in [1.82, 2.24) is 0 Å². The van der Waals surface area contributed by atoms with Gasteiger partial charge in [-0.25, -0.2) is 4.79 Å². The molecular weight excluding hydrogens is 468 g/mol. The highest BCUT2D eigenvalue weighted by atomic mass is 16.5. The summed E-state index contributed by atoms with van der Waals surface area (Å²) >= 11 is 0. The minimum atomic E-state index is -0.822. The van der Waals surface area contributed by atoms with E-state index in [9.17, 15) is 25.2 Å². The van der Waals surface area contributed by atoms with Crippen molar-refractivity contribution in [2.24, 2.45) is 29.6 Å². The van der Waals surface area contributed by atoms with E-state index < -0.39 is 36.5 Å². The number of carbonyl (C=O) groups excluding carboxylic acids is 1. The van der Waals surface area contributed by atoms with Crippen LogP contribution in [0.25, 0.3) is 0 Å². The van der Waals surface area contributed by atoms with Gasteiger partial charge in [-0.15, -0.1) is 0 Å². The SMILES string of the molecule is C=C/C=C\[C@H](C)[C@@H]1OC(=O)/C=C\C=C\[C@@H](C)[C@@H](O)CC(O)/C=C\[C@H](C)[C@H](O)[C@@H](C)CCCC[C@@H](O)[C@@H]1C. The lowest BCUT2D eigenvalue weighted by atomic mass is 9.85. The molecule has 6 heteroatoms. The fraction of sp³-hybridized carbons (Fsp3) is 0.645. The Bertz CT molecular complexity index is 785. The van der Waals surface area contributed by atoms with Crippen LogP contribution in [0.1, 0.15) is 66.7 Å². The molecule has 1 aliphatic rings. The standard InChI is InChI=1S/C31H50O6/c1-7-8-13-24(5)31-25(6)27(33)16-11-9-15-22(3)30(36)23(4)18-19-26(32)20-28(34)21(2)14-10-12-17-29(35)37-31/h7-8,10,12-14,17-19,21-28,30-34,36H,1,9,11,15-16,20H2,2-6H3/b13-8-,14-10+,17-12-,19-18-/t21-,22+,23+,24+,25+,26?,27-,28+,30-,31+/m1/s1. The molecule has 0 saturated carbocycles. The van der Waals surface area contributed by atoms with E-state index in [2.05, 4.69) is 6.58 Å². The van der Waals surface area contributed by atoms with Crippen LogP contribution in [0, 0.1) is 29.6 Å². The first-order valence-corrected chi connectivity index (χ1v) is 13.7. The zero-order valence-corrected chi connectivity index (χ0v) is 23.3. The van der Waals surface area contributed by atoms with Gasteiger partial charge in [0, 0.05) is 36.2 Å². The fourth-order valence-electron chi connectivity index (χ4n) is 4.68. The summed E-state index contributed by atoms with van der Waals surface area (Å²) in [7, 11) is 0. The van der Waals surface area contributed by atoms with Gasteiger partial charge in [-0.3, -0.25) is 0 Å². The highest BCUT2D eigenvalue weighted by molar-refractivity contribution is 5.82. The largest absolute Gasteiger partial charge is 0.458 e. The van der Waals surface area contributed by atoms with Crippen molar-refractivity contribution in [3.63, 3.8) is 0 Å². The molecule has 1 aliphatic heterocycles. The minimum Gasteiger partial charge on any atom is -0.458 e. The topological polar surface area (TPSA) is 107 Å². The molecule has 1 unspecified atom stereocenters. The Morgan fingerprint density at radius 3 is 2.30 bits per heavy atom. The first-order chi connectivity index (χ1) is 17.5. The van der Waals surface area contributed by atoms with E-state index in [1.54, 1.807) is 30.4 Å². The van der Waals surface area contributed by atoms with Crippen LogP contribution in [0.3, 0.4) is 0 Å².